The second-order valence-electron chi connectivity index (χ2n) is 4.55. The Kier molecular flexibility index (Phi) is 4.88. The van der Waals surface area contributed by atoms with Crippen molar-refractivity contribution >= 4 is 11.6 Å². The van der Waals surface area contributed by atoms with E-state index in [1.165, 1.54) is 0 Å². The van der Waals surface area contributed by atoms with Crippen LogP contribution in [0.1, 0.15) is 16.7 Å². The molecule has 0 heterocycles. The summed E-state index contributed by atoms with van der Waals surface area (Å²) in [5.74, 6) is 1.60. The third kappa shape index (κ3) is 3.44. The van der Waals surface area contributed by atoms with Crippen molar-refractivity contribution in [3.63, 3.8) is 0 Å². The van der Waals surface area contributed by atoms with Gasteiger partial charge in [0.2, 0.25) is 0 Å². The number of hydrogen-bond acceptors (Lipinski definition) is 3. The Morgan fingerprint density at radius 2 is 1.90 bits per heavy atom. The molecule has 2 aromatic rings. The van der Waals surface area contributed by atoms with E-state index in [1.54, 1.807) is 7.11 Å². The zero-order valence-corrected chi connectivity index (χ0v) is 12.4. The van der Waals surface area contributed by atoms with Gasteiger partial charge < -0.3 is 15.2 Å². The van der Waals surface area contributed by atoms with Crippen molar-refractivity contribution in [2.75, 3.05) is 7.11 Å². The van der Waals surface area contributed by atoms with Gasteiger partial charge in [-0.1, -0.05) is 23.7 Å². The summed E-state index contributed by atoms with van der Waals surface area (Å²) in [5.41, 5.74) is 8.78. The molecular formula is C16H18ClNO2. The minimum atomic E-state index is 0.438. The number of aryl methyl sites for hydroxylation is 1. The summed E-state index contributed by atoms with van der Waals surface area (Å²) in [6.45, 7) is 2.90. The van der Waals surface area contributed by atoms with Crippen LogP contribution in [0, 0.1) is 6.92 Å². The summed E-state index contributed by atoms with van der Waals surface area (Å²) < 4.78 is 11.1. The van der Waals surface area contributed by atoms with Gasteiger partial charge in [0.25, 0.3) is 0 Å². The lowest BCUT2D eigenvalue weighted by atomic mass is 10.1. The number of nitrogens with two attached hydrogens (primary N) is 1. The van der Waals surface area contributed by atoms with Gasteiger partial charge in [0, 0.05) is 17.1 Å². The Hall–Kier alpha value is -1.71. The largest absolute Gasteiger partial charge is 0.496 e. The van der Waals surface area contributed by atoms with Crippen LogP contribution >= 0.6 is 11.6 Å². The fraction of sp³-hybridized carbons (Fsp3) is 0.250. The van der Waals surface area contributed by atoms with Gasteiger partial charge in [-0.25, -0.2) is 0 Å². The Bertz CT molecular complexity index is 599. The van der Waals surface area contributed by atoms with Crippen LogP contribution in [0.2, 0.25) is 5.02 Å². The summed E-state index contributed by atoms with van der Waals surface area (Å²) >= 11 is 5.97. The van der Waals surface area contributed by atoms with E-state index in [1.807, 2.05) is 43.3 Å². The number of halogens is 1. The van der Waals surface area contributed by atoms with Crippen LogP contribution in [0.5, 0.6) is 11.5 Å². The SMILES string of the molecule is COc1ccc(COc2cc(Cl)ccc2C)cc1CN. The van der Waals surface area contributed by atoms with Crippen molar-refractivity contribution in [1.29, 1.82) is 0 Å². The molecule has 0 fully saturated rings. The first kappa shape index (κ1) is 14.7. The van der Waals surface area contributed by atoms with Crippen LogP contribution in [0.3, 0.4) is 0 Å². The molecule has 0 saturated carbocycles. The third-order valence-electron chi connectivity index (χ3n) is 3.11. The predicted molar refractivity (Wildman–Crippen MR) is 81.4 cm³/mol. The van der Waals surface area contributed by atoms with Crippen LogP contribution in [0.25, 0.3) is 0 Å². The molecule has 0 spiro atoms. The molecular weight excluding hydrogens is 274 g/mol. The fourth-order valence-electron chi connectivity index (χ4n) is 1.97. The summed E-state index contributed by atoms with van der Waals surface area (Å²) in [7, 11) is 1.64. The monoisotopic (exact) mass is 291 g/mol. The fourth-order valence-corrected chi connectivity index (χ4v) is 2.13. The van der Waals surface area contributed by atoms with Gasteiger partial charge in [-0.3, -0.25) is 0 Å². The van der Waals surface area contributed by atoms with Crippen LogP contribution in [-0.4, -0.2) is 7.11 Å². The van der Waals surface area contributed by atoms with E-state index < -0.39 is 0 Å². The molecule has 20 heavy (non-hydrogen) atoms. The highest BCUT2D eigenvalue weighted by Gasteiger charge is 2.05. The van der Waals surface area contributed by atoms with Crippen molar-refractivity contribution < 1.29 is 9.47 Å². The zero-order valence-electron chi connectivity index (χ0n) is 11.7. The van der Waals surface area contributed by atoms with Crippen molar-refractivity contribution in [3.8, 4) is 11.5 Å². The number of methoxy groups -OCH3 is 1. The summed E-state index contributed by atoms with van der Waals surface area (Å²) in [6, 6.07) is 11.5. The highest BCUT2D eigenvalue weighted by molar-refractivity contribution is 6.30. The number of rotatable bonds is 5. The van der Waals surface area contributed by atoms with Crippen molar-refractivity contribution in [3.05, 3.63) is 58.1 Å². The molecule has 2 rings (SSSR count). The Labute approximate surface area is 124 Å². The van der Waals surface area contributed by atoms with Crippen molar-refractivity contribution in [2.45, 2.75) is 20.1 Å². The van der Waals surface area contributed by atoms with Crippen LogP contribution in [0.15, 0.2) is 36.4 Å². The van der Waals surface area contributed by atoms with Crippen molar-refractivity contribution in [2.24, 2.45) is 5.73 Å². The molecule has 0 atom stereocenters. The highest BCUT2D eigenvalue weighted by atomic mass is 35.5. The van der Waals surface area contributed by atoms with E-state index in [4.69, 9.17) is 26.8 Å². The lowest BCUT2D eigenvalue weighted by Crippen LogP contribution is -2.03. The molecule has 0 bridgehead atoms. The molecule has 4 heteroatoms. The topological polar surface area (TPSA) is 44.5 Å². The number of benzene rings is 2. The lowest BCUT2D eigenvalue weighted by molar-refractivity contribution is 0.303. The molecule has 3 nitrogen and oxygen atoms in total. The minimum absolute atomic E-state index is 0.438. The maximum atomic E-state index is 5.97. The molecule has 0 saturated heterocycles. The molecule has 0 radical (unpaired) electrons. The van der Waals surface area contributed by atoms with Crippen LogP contribution in [0.4, 0.5) is 0 Å². The number of ether oxygens (including phenoxy) is 2. The summed E-state index contributed by atoms with van der Waals surface area (Å²) in [6.07, 6.45) is 0. The maximum Gasteiger partial charge on any atom is 0.124 e. The minimum Gasteiger partial charge on any atom is -0.496 e. The van der Waals surface area contributed by atoms with E-state index in [-0.39, 0.29) is 0 Å². The van der Waals surface area contributed by atoms with Gasteiger partial charge in [-0.15, -0.1) is 0 Å². The van der Waals surface area contributed by atoms with Gasteiger partial charge >= 0.3 is 0 Å². The smallest absolute Gasteiger partial charge is 0.124 e. The third-order valence-corrected chi connectivity index (χ3v) is 3.34. The molecule has 0 amide bonds. The van der Waals surface area contributed by atoms with Gasteiger partial charge in [-0.05, 0) is 42.3 Å². The average Bonchev–Trinajstić information content (AvgIpc) is 2.47. The standard InChI is InChI=1S/C16H18ClNO2/c1-11-3-5-14(17)8-16(11)20-10-12-4-6-15(19-2)13(7-12)9-18/h3-8H,9-10,18H2,1-2H3. The zero-order chi connectivity index (χ0) is 14.5. The second kappa shape index (κ2) is 6.64. The first-order valence-electron chi connectivity index (χ1n) is 6.39. The number of hydrogen-bond donors (Lipinski definition) is 1. The highest BCUT2D eigenvalue weighted by Crippen LogP contribution is 2.24. The lowest BCUT2D eigenvalue weighted by Gasteiger charge is -2.12. The molecule has 2 aromatic carbocycles. The second-order valence-corrected chi connectivity index (χ2v) is 4.99. The van der Waals surface area contributed by atoms with Crippen LogP contribution in [-0.2, 0) is 13.2 Å². The summed E-state index contributed by atoms with van der Waals surface area (Å²) in [5, 5.41) is 0.669. The Balaban J connectivity index is 2.12. The first-order valence-corrected chi connectivity index (χ1v) is 6.76. The van der Waals surface area contributed by atoms with E-state index >= 15 is 0 Å². The molecule has 0 aliphatic carbocycles. The normalized spacial score (nSPS) is 10.4. The van der Waals surface area contributed by atoms with Crippen molar-refractivity contribution in [1.82, 2.24) is 0 Å². The van der Waals surface area contributed by atoms with E-state index in [2.05, 4.69) is 0 Å². The van der Waals surface area contributed by atoms with Crippen LogP contribution < -0.4 is 15.2 Å². The summed E-state index contributed by atoms with van der Waals surface area (Å²) in [4.78, 5) is 0. The Morgan fingerprint density at radius 3 is 2.60 bits per heavy atom. The molecule has 0 unspecified atom stereocenters. The average molecular weight is 292 g/mol. The van der Waals surface area contributed by atoms with Gasteiger partial charge in [0.1, 0.15) is 18.1 Å². The quantitative estimate of drug-likeness (QED) is 0.913. The van der Waals surface area contributed by atoms with E-state index in [9.17, 15) is 0 Å². The van der Waals surface area contributed by atoms with Gasteiger partial charge in [-0.2, -0.15) is 0 Å². The molecule has 0 aromatic heterocycles. The van der Waals surface area contributed by atoms with E-state index in [0.717, 1.165) is 28.2 Å². The van der Waals surface area contributed by atoms with Gasteiger partial charge in [0.05, 0.1) is 7.11 Å². The maximum absolute atomic E-state index is 5.97. The molecule has 2 N–H and O–H groups in total. The van der Waals surface area contributed by atoms with Gasteiger partial charge in [0.15, 0.2) is 0 Å². The van der Waals surface area contributed by atoms with E-state index in [0.29, 0.717) is 18.2 Å². The molecule has 0 aliphatic heterocycles. The Morgan fingerprint density at radius 1 is 1.10 bits per heavy atom. The molecule has 0 aliphatic rings. The predicted octanol–water partition coefficient (Wildman–Crippen LogP) is 3.69. The first-order chi connectivity index (χ1) is 9.63. The molecule has 106 valence electrons.